The van der Waals surface area contributed by atoms with Crippen molar-refractivity contribution < 1.29 is 13.9 Å². The Kier molecular flexibility index (Phi) is 6.28. The van der Waals surface area contributed by atoms with Crippen LogP contribution < -0.4 is 15.4 Å². The molecule has 1 heterocycles. The summed E-state index contributed by atoms with van der Waals surface area (Å²) in [6.45, 7) is 4.30. The number of hydrogen-bond acceptors (Lipinski definition) is 4. The molecule has 0 bridgehead atoms. The average Bonchev–Trinajstić information content (AvgIpc) is 3.23. The molecule has 2 aromatic carbocycles. The Morgan fingerprint density at radius 2 is 1.74 bits per heavy atom. The zero-order chi connectivity index (χ0) is 19.1. The van der Waals surface area contributed by atoms with Gasteiger partial charge in [0.1, 0.15) is 18.1 Å². The van der Waals surface area contributed by atoms with Gasteiger partial charge in [0.25, 0.3) is 0 Å². The van der Waals surface area contributed by atoms with Crippen LogP contribution >= 0.6 is 0 Å². The van der Waals surface area contributed by atoms with Crippen LogP contribution in [0, 0.1) is 0 Å². The molecule has 0 saturated heterocycles. The van der Waals surface area contributed by atoms with E-state index in [4.69, 9.17) is 9.15 Å². The van der Waals surface area contributed by atoms with Gasteiger partial charge in [0.05, 0.1) is 18.3 Å². The zero-order valence-electron chi connectivity index (χ0n) is 15.5. The van der Waals surface area contributed by atoms with Crippen LogP contribution in [-0.2, 0) is 11.4 Å². The maximum absolute atomic E-state index is 12.4. The number of rotatable bonds is 8. The van der Waals surface area contributed by atoms with Gasteiger partial charge < -0.3 is 14.5 Å². The molecule has 5 heteroatoms. The molecule has 140 valence electrons. The Balaban J connectivity index is 1.49. The SMILES string of the molecule is C[C@H](N[C@H](C)c1ccco1)C(=O)Nc1ccc(OCc2ccccc2)cc1. The van der Waals surface area contributed by atoms with Gasteiger partial charge in [-0.1, -0.05) is 30.3 Å². The third kappa shape index (κ3) is 5.46. The first-order valence-corrected chi connectivity index (χ1v) is 8.99. The molecular weight excluding hydrogens is 340 g/mol. The number of anilines is 1. The smallest absolute Gasteiger partial charge is 0.241 e. The molecule has 3 aromatic rings. The number of furan rings is 1. The first-order valence-electron chi connectivity index (χ1n) is 8.99. The molecule has 5 nitrogen and oxygen atoms in total. The van der Waals surface area contributed by atoms with Gasteiger partial charge in [0.15, 0.2) is 0 Å². The predicted molar refractivity (Wildman–Crippen MR) is 106 cm³/mol. The number of benzene rings is 2. The molecule has 0 aliphatic heterocycles. The first-order chi connectivity index (χ1) is 13.1. The lowest BCUT2D eigenvalue weighted by Crippen LogP contribution is -2.39. The van der Waals surface area contributed by atoms with Crippen LogP contribution in [0.4, 0.5) is 5.69 Å². The largest absolute Gasteiger partial charge is 0.489 e. The van der Waals surface area contributed by atoms with E-state index >= 15 is 0 Å². The van der Waals surface area contributed by atoms with Gasteiger partial charge in [-0.05, 0) is 55.8 Å². The van der Waals surface area contributed by atoms with E-state index in [0.29, 0.717) is 6.61 Å². The average molecular weight is 364 g/mol. The second kappa shape index (κ2) is 9.05. The number of nitrogens with one attached hydrogen (secondary N) is 2. The standard InChI is InChI=1S/C22H24N2O3/c1-16(21-9-6-14-26-21)23-17(2)22(25)24-19-10-12-20(13-11-19)27-15-18-7-4-3-5-8-18/h3-14,16-17,23H,15H2,1-2H3,(H,24,25)/t16-,17+/m1/s1. The minimum Gasteiger partial charge on any atom is -0.489 e. The van der Waals surface area contributed by atoms with Crippen molar-refractivity contribution in [1.82, 2.24) is 5.32 Å². The van der Waals surface area contributed by atoms with E-state index < -0.39 is 0 Å². The van der Waals surface area contributed by atoms with Crippen molar-refractivity contribution in [2.24, 2.45) is 0 Å². The fraction of sp³-hybridized carbons (Fsp3) is 0.227. The van der Waals surface area contributed by atoms with Crippen LogP contribution in [0.1, 0.15) is 31.2 Å². The molecule has 0 spiro atoms. The number of amides is 1. The number of ether oxygens (including phenoxy) is 1. The van der Waals surface area contributed by atoms with Gasteiger partial charge in [0, 0.05) is 5.69 Å². The molecule has 0 saturated carbocycles. The Hall–Kier alpha value is -3.05. The van der Waals surface area contributed by atoms with Crippen molar-refractivity contribution in [3.63, 3.8) is 0 Å². The quantitative estimate of drug-likeness (QED) is 0.616. The molecular formula is C22H24N2O3. The second-order valence-corrected chi connectivity index (χ2v) is 6.41. The molecule has 27 heavy (non-hydrogen) atoms. The molecule has 1 amide bonds. The second-order valence-electron chi connectivity index (χ2n) is 6.41. The highest BCUT2D eigenvalue weighted by atomic mass is 16.5. The zero-order valence-corrected chi connectivity index (χ0v) is 15.5. The summed E-state index contributed by atoms with van der Waals surface area (Å²) in [5.74, 6) is 1.45. The summed E-state index contributed by atoms with van der Waals surface area (Å²) in [5, 5.41) is 6.13. The monoisotopic (exact) mass is 364 g/mol. The third-order valence-electron chi connectivity index (χ3n) is 4.23. The van der Waals surface area contributed by atoms with E-state index in [9.17, 15) is 4.79 Å². The van der Waals surface area contributed by atoms with Gasteiger partial charge in [0.2, 0.25) is 5.91 Å². The van der Waals surface area contributed by atoms with E-state index in [0.717, 1.165) is 22.8 Å². The van der Waals surface area contributed by atoms with Gasteiger partial charge >= 0.3 is 0 Å². The fourth-order valence-corrected chi connectivity index (χ4v) is 2.70. The molecule has 0 aliphatic rings. The summed E-state index contributed by atoms with van der Waals surface area (Å²) in [4.78, 5) is 12.4. The lowest BCUT2D eigenvalue weighted by Gasteiger charge is -2.18. The van der Waals surface area contributed by atoms with Gasteiger partial charge in [-0.3, -0.25) is 10.1 Å². The third-order valence-corrected chi connectivity index (χ3v) is 4.23. The molecule has 2 N–H and O–H groups in total. The van der Waals surface area contributed by atoms with Crippen LogP contribution in [-0.4, -0.2) is 11.9 Å². The van der Waals surface area contributed by atoms with Crippen LogP contribution in [0.2, 0.25) is 0 Å². The maximum Gasteiger partial charge on any atom is 0.241 e. The van der Waals surface area contributed by atoms with Crippen LogP contribution in [0.15, 0.2) is 77.4 Å². The van der Waals surface area contributed by atoms with E-state index in [-0.39, 0.29) is 18.0 Å². The van der Waals surface area contributed by atoms with Crippen LogP contribution in [0.25, 0.3) is 0 Å². The summed E-state index contributed by atoms with van der Waals surface area (Å²) < 4.78 is 11.1. The summed E-state index contributed by atoms with van der Waals surface area (Å²) >= 11 is 0. The van der Waals surface area contributed by atoms with E-state index in [1.54, 1.807) is 6.26 Å². The minimum atomic E-state index is -0.362. The molecule has 0 fully saturated rings. The highest BCUT2D eigenvalue weighted by Gasteiger charge is 2.17. The minimum absolute atomic E-state index is 0.0467. The highest BCUT2D eigenvalue weighted by molar-refractivity contribution is 5.94. The number of carbonyl (C=O) groups excluding carboxylic acids is 1. The Labute approximate surface area is 159 Å². The Morgan fingerprint density at radius 3 is 2.41 bits per heavy atom. The topological polar surface area (TPSA) is 63.5 Å². The van der Waals surface area contributed by atoms with Crippen molar-refractivity contribution >= 4 is 11.6 Å². The Bertz CT molecular complexity index is 830. The lowest BCUT2D eigenvalue weighted by atomic mass is 10.2. The van der Waals surface area contributed by atoms with Gasteiger partial charge in [-0.2, -0.15) is 0 Å². The normalized spacial score (nSPS) is 13.0. The molecule has 1 aromatic heterocycles. The van der Waals surface area contributed by atoms with E-state index in [1.165, 1.54) is 0 Å². The van der Waals surface area contributed by atoms with Crippen LogP contribution in [0.5, 0.6) is 5.75 Å². The Morgan fingerprint density at radius 1 is 1.00 bits per heavy atom. The van der Waals surface area contributed by atoms with Crippen LogP contribution in [0.3, 0.4) is 0 Å². The maximum atomic E-state index is 12.4. The summed E-state index contributed by atoms with van der Waals surface area (Å²) in [6, 6.07) is 20.7. The van der Waals surface area contributed by atoms with E-state index in [1.807, 2.05) is 80.6 Å². The van der Waals surface area contributed by atoms with Crippen molar-refractivity contribution in [3.05, 3.63) is 84.3 Å². The van der Waals surface area contributed by atoms with Crippen molar-refractivity contribution in [2.75, 3.05) is 5.32 Å². The van der Waals surface area contributed by atoms with Crippen molar-refractivity contribution in [1.29, 1.82) is 0 Å². The lowest BCUT2D eigenvalue weighted by molar-refractivity contribution is -0.118. The van der Waals surface area contributed by atoms with Crippen molar-refractivity contribution in [2.45, 2.75) is 32.5 Å². The highest BCUT2D eigenvalue weighted by Crippen LogP contribution is 2.18. The van der Waals surface area contributed by atoms with E-state index in [2.05, 4.69) is 10.6 Å². The number of hydrogen-bond donors (Lipinski definition) is 2. The molecule has 0 aliphatic carbocycles. The summed E-state index contributed by atoms with van der Waals surface area (Å²) in [6.07, 6.45) is 1.62. The summed E-state index contributed by atoms with van der Waals surface area (Å²) in [7, 11) is 0. The molecule has 0 radical (unpaired) electrons. The predicted octanol–water partition coefficient (Wildman–Crippen LogP) is 4.54. The molecule has 0 unspecified atom stereocenters. The van der Waals surface area contributed by atoms with Gasteiger partial charge in [-0.25, -0.2) is 0 Å². The first kappa shape index (κ1) is 18.7. The fourth-order valence-electron chi connectivity index (χ4n) is 2.70. The van der Waals surface area contributed by atoms with Gasteiger partial charge in [-0.15, -0.1) is 0 Å². The molecule has 3 rings (SSSR count). The van der Waals surface area contributed by atoms with Crippen molar-refractivity contribution in [3.8, 4) is 5.75 Å². The summed E-state index contributed by atoms with van der Waals surface area (Å²) in [5.41, 5.74) is 1.84. The molecule has 2 atom stereocenters. The number of carbonyl (C=O) groups is 1.